The first-order chi connectivity index (χ1) is 9.88. The van der Waals surface area contributed by atoms with Crippen LogP contribution in [0.2, 0.25) is 0 Å². The van der Waals surface area contributed by atoms with Crippen LogP contribution in [0, 0.1) is 6.92 Å². The van der Waals surface area contributed by atoms with Crippen molar-refractivity contribution in [1.82, 2.24) is 4.90 Å². The number of hydrogen-bond acceptors (Lipinski definition) is 5. The van der Waals surface area contributed by atoms with E-state index in [2.05, 4.69) is 0 Å². The molecule has 1 fully saturated rings. The molecule has 7 heteroatoms. The van der Waals surface area contributed by atoms with Crippen molar-refractivity contribution in [1.29, 1.82) is 0 Å². The third-order valence-corrected chi connectivity index (χ3v) is 6.92. The molecule has 2 rings (SSSR count). The van der Waals surface area contributed by atoms with Gasteiger partial charge in [0.2, 0.25) is 5.91 Å². The average molecular weight is 346 g/mol. The van der Waals surface area contributed by atoms with E-state index in [4.69, 9.17) is 0 Å². The highest BCUT2D eigenvalue weighted by Gasteiger charge is 2.33. The quantitative estimate of drug-likeness (QED) is 0.782. The highest BCUT2D eigenvalue weighted by molar-refractivity contribution is 8.01. The fourth-order valence-corrected chi connectivity index (χ4v) is 5.70. The molecule has 0 radical (unpaired) electrons. The van der Waals surface area contributed by atoms with Gasteiger partial charge in [-0.25, -0.2) is 8.42 Å². The Kier molecular flexibility index (Phi) is 5.62. The summed E-state index contributed by atoms with van der Waals surface area (Å²) < 4.78 is 23.6. The fraction of sp³-hybridized carbons (Fsp3) is 0.500. The SMILES string of the molecule is Cc1ccc(SCC(=O)N2CCSCC2S(C)(=O)=O)cc1. The topological polar surface area (TPSA) is 54.5 Å². The highest BCUT2D eigenvalue weighted by atomic mass is 32.2. The molecule has 0 N–H and O–H groups in total. The predicted molar refractivity (Wildman–Crippen MR) is 89.6 cm³/mol. The minimum absolute atomic E-state index is 0.101. The molecule has 0 bridgehead atoms. The van der Waals surface area contributed by atoms with Gasteiger partial charge in [0.1, 0.15) is 5.37 Å². The second kappa shape index (κ2) is 7.07. The van der Waals surface area contributed by atoms with Gasteiger partial charge in [0.05, 0.1) is 5.75 Å². The number of nitrogens with zero attached hydrogens (tertiary/aromatic N) is 1. The second-order valence-electron chi connectivity index (χ2n) is 5.05. The second-order valence-corrected chi connectivity index (χ2v) is 9.45. The number of hydrogen-bond donors (Lipinski definition) is 0. The summed E-state index contributed by atoms with van der Waals surface area (Å²) >= 11 is 3.04. The van der Waals surface area contributed by atoms with Crippen molar-refractivity contribution in [2.24, 2.45) is 0 Å². The Morgan fingerprint density at radius 2 is 2.05 bits per heavy atom. The minimum atomic E-state index is -3.23. The zero-order valence-electron chi connectivity index (χ0n) is 12.1. The van der Waals surface area contributed by atoms with Crippen molar-refractivity contribution in [2.45, 2.75) is 17.2 Å². The first-order valence-corrected chi connectivity index (χ1v) is 10.7. The molecule has 21 heavy (non-hydrogen) atoms. The molecule has 1 heterocycles. The van der Waals surface area contributed by atoms with E-state index < -0.39 is 15.2 Å². The number of thioether (sulfide) groups is 2. The monoisotopic (exact) mass is 345 g/mol. The van der Waals surface area contributed by atoms with Crippen LogP contribution >= 0.6 is 23.5 Å². The van der Waals surface area contributed by atoms with E-state index in [-0.39, 0.29) is 11.7 Å². The molecule has 0 spiro atoms. The van der Waals surface area contributed by atoms with E-state index in [1.807, 2.05) is 31.2 Å². The molecular formula is C14H19NO3S3. The maximum absolute atomic E-state index is 12.3. The smallest absolute Gasteiger partial charge is 0.234 e. The Morgan fingerprint density at radius 3 is 2.67 bits per heavy atom. The molecule has 1 unspecified atom stereocenters. The number of amides is 1. The summed E-state index contributed by atoms with van der Waals surface area (Å²) in [6.07, 6.45) is 1.21. The Balaban J connectivity index is 1.99. The van der Waals surface area contributed by atoms with Crippen LogP contribution in [0.4, 0.5) is 0 Å². The van der Waals surface area contributed by atoms with Gasteiger partial charge >= 0.3 is 0 Å². The first kappa shape index (κ1) is 16.7. The minimum Gasteiger partial charge on any atom is -0.323 e. The normalized spacial score (nSPS) is 19.5. The molecule has 1 amide bonds. The lowest BCUT2D eigenvalue weighted by atomic mass is 10.2. The molecule has 1 aromatic rings. The van der Waals surface area contributed by atoms with Crippen molar-refractivity contribution in [3.8, 4) is 0 Å². The molecule has 1 aliphatic heterocycles. The van der Waals surface area contributed by atoms with Crippen LogP contribution in [0.3, 0.4) is 0 Å². The number of rotatable bonds is 4. The molecule has 4 nitrogen and oxygen atoms in total. The third kappa shape index (κ3) is 4.66. The largest absolute Gasteiger partial charge is 0.323 e. The lowest BCUT2D eigenvalue weighted by Gasteiger charge is -2.34. The lowest BCUT2D eigenvalue weighted by Crippen LogP contribution is -2.50. The van der Waals surface area contributed by atoms with E-state index >= 15 is 0 Å². The molecule has 1 aliphatic rings. The summed E-state index contributed by atoms with van der Waals surface area (Å²) in [6.45, 7) is 2.53. The molecule has 116 valence electrons. The maximum Gasteiger partial charge on any atom is 0.234 e. The summed E-state index contributed by atoms with van der Waals surface area (Å²) in [7, 11) is -3.23. The summed E-state index contributed by atoms with van der Waals surface area (Å²) in [5.74, 6) is 1.45. The van der Waals surface area contributed by atoms with E-state index in [9.17, 15) is 13.2 Å². The van der Waals surface area contributed by atoms with Crippen molar-refractivity contribution in [3.05, 3.63) is 29.8 Å². The molecule has 0 saturated carbocycles. The van der Waals surface area contributed by atoms with Crippen LogP contribution in [0.15, 0.2) is 29.2 Å². The molecular weight excluding hydrogens is 326 g/mol. The molecule has 0 aliphatic carbocycles. The van der Waals surface area contributed by atoms with Gasteiger partial charge in [-0.3, -0.25) is 4.79 Å². The zero-order valence-corrected chi connectivity index (χ0v) is 14.6. The zero-order chi connectivity index (χ0) is 15.5. The number of aryl methyl sites for hydroxylation is 1. The third-order valence-electron chi connectivity index (χ3n) is 3.28. The number of benzene rings is 1. The Labute approximate surface area is 134 Å². The van der Waals surface area contributed by atoms with Crippen molar-refractivity contribution in [3.63, 3.8) is 0 Å². The standard InChI is InChI=1S/C14H19NO3S3/c1-11-3-5-12(6-4-11)20-9-13(16)15-7-8-19-10-14(15)21(2,17)18/h3-6,14H,7-10H2,1-2H3. The summed E-state index contributed by atoms with van der Waals surface area (Å²) in [4.78, 5) is 14.9. The average Bonchev–Trinajstić information content (AvgIpc) is 2.45. The molecule has 1 atom stereocenters. The fourth-order valence-electron chi connectivity index (χ4n) is 2.08. The van der Waals surface area contributed by atoms with E-state index in [1.165, 1.54) is 28.5 Å². The number of sulfone groups is 1. The van der Waals surface area contributed by atoms with Gasteiger partial charge in [-0.15, -0.1) is 11.8 Å². The summed E-state index contributed by atoms with van der Waals surface area (Å²) in [5.41, 5.74) is 1.18. The molecule has 1 saturated heterocycles. The van der Waals surface area contributed by atoms with E-state index in [0.29, 0.717) is 12.3 Å². The Morgan fingerprint density at radius 1 is 1.38 bits per heavy atom. The number of carbonyl (C=O) groups excluding carboxylic acids is 1. The van der Waals surface area contributed by atoms with Crippen LogP contribution in [-0.2, 0) is 14.6 Å². The summed E-state index contributed by atoms with van der Waals surface area (Å²) in [5, 5.41) is -0.678. The maximum atomic E-state index is 12.3. The lowest BCUT2D eigenvalue weighted by molar-refractivity contribution is -0.128. The summed E-state index contributed by atoms with van der Waals surface area (Å²) in [6, 6.07) is 7.97. The Bertz CT molecular complexity index is 598. The van der Waals surface area contributed by atoms with Gasteiger partial charge in [0.25, 0.3) is 0 Å². The van der Waals surface area contributed by atoms with Crippen LogP contribution in [0.5, 0.6) is 0 Å². The van der Waals surface area contributed by atoms with Gasteiger partial charge in [0, 0.05) is 29.2 Å². The van der Waals surface area contributed by atoms with Gasteiger partial charge in [-0.05, 0) is 19.1 Å². The predicted octanol–water partition coefficient (Wildman–Crippen LogP) is 2.03. The van der Waals surface area contributed by atoms with Gasteiger partial charge in [0.15, 0.2) is 9.84 Å². The molecule has 0 aromatic heterocycles. The first-order valence-electron chi connectivity index (χ1n) is 6.63. The van der Waals surface area contributed by atoms with Crippen molar-refractivity contribution >= 4 is 39.3 Å². The van der Waals surface area contributed by atoms with Crippen LogP contribution in [-0.4, -0.2) is 54.7 Å². The highest BCUT2D eigenvalue weighted by Crippen LogP contribution is 2.23. The number of carbonyl (C=O) groups is 1. The van der Waals surface area contributed by atoms with Crippen LogP contribution in [0.25, 0.3) is 0 Å². The Hall–Kier alpha value is -0.660. The van der Waals surface area contributed by atoms with Gasteiger partial charge in [-0.1, -0.05) is 17.7 Å². The van der Waals surface area contributed by atoms with E-state index in [1.54, 1.807) is 11.8 Å². The van der Waals surface area contributed by atoms with Crippen molar-refractivity contribution in [2.75, 3.05) is 30.1 Å². The van der Waals surface area contributed by atoms with Crippen molar-refractivity contribution < 1.29 is 13.2 Å². The van der Waals surface area contributed by atoms with Gasteiger partial charge in [-0.2, -0.15) is 11.8 Å². The van der Waals surface area contributed by atoms with Gasteiger partial charge < -0.3 is 4.90 Å². The van der Waals surface area contributed by atoms with E-state index in [0.717, 1.165) is 10.6 Å². The van der Waals surface area contributed by atoms with Crippen LogP contribution < -0.4 is 0 Å². The van der Waals surface area contributed by atoms with Crippen LogP contribution in [0.1, 0.15) is 5.56 Å². The molecule has 1 aromatic carbocycles.